The van der Waals surface area contributed by atoms with Crippen LogP contribution in [0.4, 0.5) is 0 Å². The molecule has 0 aromatic heterocycles. The minimum Gasteiger partial charge on any atom is -0.504 e. The van der Waals surface area contributed by atoms with E-state index in [9.17, 15) is 15.0 Å². The summed E-state index contributed by atoms with van der Waals surface area (Å²) in [7, 11) is 0. The number of nitrogens with zero attached hydrogens (tertiary/aromatic N) is 1. The number of rotatable bonds is 2. The Kier molecular flexibility index (Phi) is 3.19. The summed E-state index contributed by atoms with van der Waals surface area (Å²) in [4.78, 5) is 13.7. The molecule has 1 heterocycles. The molecule has 0 aliphatic carbocycles. The molecule has 1 atom stereocenters. The molecule has 92 valence electrons. The standard InChI is InChI=1S/C12H15NO4/c14-7-9-2-1-5-13(9)12(17)8-3-4-10(15)11(16)6-8/h3-4,6,9,14-16H,1-2,5,7H2. The summed E-state index contributed by atoms with van der Waals surface area (Å²) < 4.78 is 0. The zero-order valence-electron chi connectivity index (χ0n) is 9.33. The average molecular weight is 237 g/mol. The van der Waals surface area contributed by atoms with Crippen LogP contribution in [0.3, 0.4) is 0 Å². The van der Waals surface area contributed by atoms with Crippen molar-refractivity contribution in [1.82, 2.24) is 4.90 Å². The van der Waals surface area contributed by atoms with Gasteiger partial charge in [0.2, 0.25) is 0 Å². The molecular formula is C12H15NO4. The van der Waals surface area contributed by atoms with Crippen molar-refractivity contribution in [3.05, 3.63) is 23.8 Å². The molecular weight excluding hydrogens is 222 g/mol. The molecule has 1 unspecified atom stereocenters. The summed E-state index contributed by atoms with van der Waals surface area (Å²) in [6.07, 6.45) is 1.67. The van der Waals surface area contributed by atoms with E-state index in [0.717, 1.165) is 12.8 Å². The molecule has 1 aliphatic heterocycles. The number of aromatic hydroxyl groups is 2. The summed E-state index contributed by atoms with van der Waals surface area (Å²) in [6, 6.07) is 3.85. The lowest BCUT2D eigenvalue weighted by atomic mass is 10.1. The molecule has 1 fully saturated rings. The van der Waals surface area contributed by atoms with E-state index in [4.69, 9.17) is 5.11 Å². The molecule has 1 amide bonds. The third-order valence-electron chi connectivity index (χ3n) is 3.07. The highest BCUT2D eigenvalue weighted by atomic mass is 16.3. The van der Waals surface area contributed by atoms with Gasteiger partial charge in [-0.1, -0.05) is 0 Å². The molecule has 1 aromatic carbocycles. The number of carbonyl (C=O) groups excluding carboxylic acids is 1. The third kappa shape index (κ3) is 2.19. The van der Waals surface area contributed by atoms with Gasteiger partial charge < -0.3 is 20.2 Å². The topological polar surface area (TPSA) is 81.0 Å². The van der Waals surface area contributed by atoms with Crippen molar-refractivity contribution < 1.29 is 20.1 Å². The van der Waals surface area contributed by atoms with Crippen LogP contribution in [0.2, 0.25) is 0 Å². The van der Waals surface area contributed by atoms with Crippen LogP contribution in [0.1, 0.15) is 23.2 Å². The van der Waals surface area contributed by atoms with Crippen LogP contribution >= 0.6 is 0 Å². The summed E-state index contributed by atoms with van der Waals surface area (Å²) >= 11 is 0. The van der Waals surface area contributed by atoms with Gasteiger partial charge in [-0.05, 0) is 31.0 Å². The van der Waals surface area contributed by atoms with Gasteiger partial charge in [-0.3, -0.25) is 4.79 Å². The van der Waals surface area contributed by atoms with Crippen LogP contribution in [-0.2, 0) is 0 Å². The van der Waals surface area contributed by atoms with Crippen molar-refractivity contribution in [3.63, 3.8) is 0 Å². The first-order valence-corrected chi connectivity index (χ1v) is 5.57. The predicted octanol–water partition coefficient (Wildman–Crippen LogP) is 0.695. The summed E-state index contributed by atoms with van der Waals surface area (Å²) in [5.41, 5.74) is 0.320. The first kappa shape index (κ1) is 11.7. The minimum atomic E-state index is -0.310. The number of phenols is 2. The quantitative estimate of drug-likeness (QED) is 0.661. The van der Waals surface area contributed by atoms with Gasteiger partial charge in [-0.15, -0.1) is 0 Å². The van der Waals surface area contributed by atoms with Crippen LogP contribution < -0.4 is 0 Å². The Labute approximate surface area is 98.9 Å². The van der Waals surface area contributed by atoms with Crippen molar-refractivity contribution in [3.8, 4) is 11.5 Å². The second-order valence-electron chi connectivity index (χ2n) is 4.18. The summed E-state index contributed by atoms with van der Waals surface area (Å²) in [5, 5.41) is 27.7. The highest BCUT2D eigenvalue weighted by Gasteiger charge is 2.28. The normalized spacial score (nSPS) is 19.6. The molecule has 0 bridgehead atoms. The fourth-order valence-corrected chi connectivity index (χ4v) is 2.12. The lowest BCUT2D eigenvalue weighted by Crippen LogP contribution is -2.37. The molecule has 0 radical (unpaired) electrons. The smallest absolute Gasteiger partial charge is 0.254 e. The van der Waals surface area contributed by atoms with Gasteiger partial charge in [0, 0.05) is 12.1 Å². The molecule has 2 rings (SSSR count). The van der Waals surface area contributed by atoms with Crippen molar-refractivity contribution in [1.29, 1.82) is 0 Å². The largest absolute Gasteiger partial charge is 0.504 e. The van der Waals surface area contributed by atoms with Gasteiger partial charge in [0.1, 0.15) is 0 Å². The second-order valence-corrected chi connectivity index (χ2v) is 4.18. The van der Waals surface area contributed by atoms with E-state index in [1.165, 1.54) is 18.2 Å². The first-order chi connectivity index (χ1) is 8.13. The number of phenolic OH excluding ortho intramolecular Hbond substituents is 2. The van der Waals surface area contributed by atoms with Gasteiger partial charge >= 0.3 is 0 Å². The molecule has 5 heteroatoms. The molecule has 0 saturated carbocycles. The number of aliphatic hydroxyl groups is 1. The van der Waals surface area contributed by atoms with E-state index in [-0.39, 0.29) is 30.1 Å². The molecule has 1 aromatic rings. The summed E-state index contributed by atoms with van der Waals surface area (Å²) in [5.74, 6) is -0.783. The van der Waals surface area contributed by atoms with E-state index >= 15 is 0 Å². The lowest BCUT2D eigenvalue weighted by molar-refractivity contribution is 0.0677. The SMILES string of the molecule is O=C(c1ccc(O)c(O)c1)N1CCCC1CO. The van der Waals surface area contributed by atoms with Gasteiger partial charge in [-0.25, -0.2) is 0 Å². The van der Waals surface area contributed by atoms with Gasteiger partial charge in [0.25, 0.3) is 5.91 Å². The maximum Gasteiger partial charge on any atom is 0.254 e. The van der Waals surface area contributed by atoms with Crippen LogP contribution in [0.15, 0.2) is 18.2 Å². The van der Waals surface area contributed by atoms with Crippen molar-refractivity contribution in [2.24, 2.45) is 0 Å². The number of likely N-dealkylation sites (tertiary alicyclic amines) is 1. The zero-order chi connectivity index (χ0) is 12.4. The fourth-order valence-electron chi connectivity index (χ4n) is 2.12. The molecule has 1 saturated heterocycles. The van der Waals surface area contributed by atoms with Gasteiger partial charge in [0.15, 0.2) is 11.5 Å². The highest BCUT2D eigenvalue weighted by Crippen LogP contribution is 2.27. The number of carbonyl (C=O) groups is 1. The Morgan fingerprint density at radius 3 is 2.76 bits per heavy atom. The van der Waals surface area contributed by atoms with E-state index in [1.54, 1.807) is 4.90 Å². The van der Waals surface area contributed by atoms with E-state index in [2.05, 4.69) is 0 Å². The average Bonchev–Trinajstić information content (AvgIpc) is 2.80. The Hall–Kier alpha value is -1.75. The number of aliphatic hydroxyl groups excluding tert-OH is 1. The lowest BCUT2D eigenvalue weighted by Gasteiger charge is -2.23. The minimum absolute atomic E-state index is 0.0458. The van der Waals surface area contributed by atoms with Crippen molar-refractivity contribution in [2.75, 3.05) is 13.2 Å². The van der Waals surface area contributed by atoms with Crippen LogP contribution in [0.5, 0.6) is 11.5 Å². The predicted molar refractivity (Wildman–Crippen MR) is 60.9 cm³/mol. The Bertz CT molecular complexity index is 433. The van der Waals surface area contributed by atoms with E-state index in [1.807, 2.05) is 0 Å². The van der Waals surface area contributed by atoms with Crippen LogP contribution in [-0.4, -0.2) is 45.3 Å². The van der Waals surface area contributed by atoms with Crippen molar-refractivity contribution in [2.45, 2.75) is 18.9 Å². The van der Waals surface area contributed by atoms with Gasteiger partial charge in [0.05, 0.1) is 12.6 Å². The van der Waals surface area contributed by atoms with Gasteiger partial charge in [-0.2, -0.15) is 0 Å². The number of hydrogen-bond donors (Lipinski definition) is 3. The highest BCUT2D eigenvalue weighted by molar-refractivity contribution is 5.95. The molecule has 3 N–H and O–H groups in total. The maximum absolute atomic E-state index is 12.1. The summed E-state index contributed by atoms with van der Waals surface area (Å²) in [6.45, 7) is 0.571. The number of hydrogen-bond acceptors (Lipinski definition) is 4. The van der Waals surface area contributed by atoms with Crippen LogP contribution in [0, 0.1) is 0 Å². The number of benzene rings is 1. The molecule has 0 spiro atoms. The van der Waals surface area contributed by atoms with Crippen LogP contribution in [0.25, 0.3) is 0 Å². The number of amides is 1. The first-order valence-electron chi connectivity index (χ1n) is 5.57. The Morgan fingerprint density at radius 1 is 1.35 bits per heavy atom. The van der Waals surface area contributed by atoms with Crippen molar-refractivity contribution >= 4 is 5.91 Å². The van der Waals surface area contributed by atoms with E-state index < -0.39 is 0 Å². The Balaban J connectivity index is 2.21. The monoisotopic (exact) mass is 237 g/mol. The second kappa shape index (κ2) is 4.63. The molecule has 17 heavy (non-hydrogen) atoms. The van der Waals surface area contributed by atoms with E-state index in [0.29, 0.717) is 12.1 Å². The fraction of sp³-hybridized carbons (Fsp3) is 0.417. The Morgan fingerprint density at radius 2 is 2.12 bits per heavy atom. The molecule has 5 nitrogen and oxygen atoms in total. The molecule has 1 aliphatic rings. The third-order valence-corrected chi connectivity index (χ3v) is 3.07. The maximum atomic E-state index is 12.1. The zero-order valence-corrected chi connectivity index (χ0v) is 9.33.